The van der Waals surface area contributed by atoms with Crippen LogP contribution in [0.25, 0.3) is 0 Å². The third-order valence-corrected chi connectivity index (χ3v) is 3.13. The summed E-state index contributed by atoms with van der Waals surface area (Å²) in [5.74, 6) is -2.36. The number of carboxylic acids is 2. The fourth-order valence-corrected chi connectivity index (χ4v) is 1.83. The number of carbonyl (C=O) groups is 3. The molecule has 1 aromatic rings. The van der Waals surface area contributed by atoms with Gasteiger partial charge in [0.05, 0.1) is 0 Å². The van der Waals surface area contributed by atoms with Crippen LogP contribution in [0.15, 0.2) is 30.3 Å². The standard InChI is InChI=1S/C15H20N2O6/c16-11(13(18)19)7-4-8-12(14(20)21)17-15(22)23-9-10-5-2-1-3-6-10/h1-3,5-6,11-12H,4,7-9,16H2,(H,17,22)(H,18,19)(H,20,21)/t11-,12+/m1/s1. The van der Waals surface area contributed by atoms with E-state index >= 15 is 0 Å². The van der Waals surface area contributed by atoms with E-state index in [0.29, 0.717) is 0 Å². The Hall–Kier alpha value is -2.61. The van der Waals surface area contributed by atoms with Gasteiger partial charge in [-0.2, -0.15) is 0 Å². The van der Waals surface area contributed by atoms with Gasteiger partial charge in [0.1, 0.15) is 18.7 Å². The molecule has 5 N–H and O–H groups in total. The van der Waals surface area contributed by atoms with Gasteiger partial charge in [0.2, 0.25) is 0 Å². The third-order valence-electron chi connectivity index (χ3n) is 3.13. The Morgan fingerprint density at radius 1 is 1.09 bits per heavy atom. The first-order valence-corrected chi connectivity index (χ1v) is 7.08. The van der Waals surface area contributed by atoms with Crippen LogP contribution in [0.3, 0.4) is 0 Å². The molecule has 0 aromatic heterocycles. The Morgan fingerprint density at radius 2 is 1.74 bits per heavy atom. The largest absolute Gasteiger partial charge is 0.480 e. The van der Waals surface area contributed by atoms with Crippen molar-refractivity contribution in [3.8, 4) is 0 Å². The van der Waals surface area contributed by atoms with E-state index in [2.05, 4.69) is 5.32 Å². The number of hydrogen-bond donors (Lipinski definition) is 4. The zero-order chi connectivity index (χ0) is 17.2. The second-order valence-corrected chi connectivity index (χ2v) is 4.97. The zero-order valence-corrected chi connectivity index (χ0v) is 12.5. The van der Waals surface area contributed by atoms with E-state index in [0.717, 1.165) is 5.56 Å². The predicted octanol–water partition coefficient (Wildman–Crippen LogP) is 0.948. The maximum atomic E-state index is 11.6. The first kappa shape index (κ1) is 18.4. The van der Waals surface area contributed by atoms with E-state index in [9.17, 15) is 14.4 Å². The summed E-state index contributed by atoms with van der Waals surface area (Å²) in [5.41, 5.74) is 6.11. The Labute approximate surface area is 133 Å². The number of alkyl carbamates (subject to hydrolysis) is 1. The molecule has 0 spiro atoms. The normalized spacial score (nSPS) is 12.9. The molecule has 0 bridgehead atoms. The first-order valence-electron chi connectivity index (χ1n) is 7.08. The SMILES string of the molecule is N[C@H](CCC[C@H](NC(=O)OCc1ccccc1)C(=O)O)C(=O)O. The van der Waals surface area contributed by atoms with Crippen LogP contribution in [0.2, 0.25) is 0 Å². The third kappa shape index (κ3) is 7.28. The quantitative estimate of drug-likeness (QED) is 0.530. The molecule has 0 unspecified atom stereocenters. The molecule has 126 valence electrons. The number of hydrogen-bond acceptors (Lipinski definition) is 5. The van der Waals surface area contributed by atoms with Crippen molar-refractivity contribution in [3.63, 3.8) is 0 Å². The molecule has 1 rings (SSSR count). The van der Waals surface area contributed by atoms with Crippen molar-refractivity contribution in [1.82, 2.24) is 5.32 Å². The summed E-state index contributed by atoms with van der Waals surface area (Å²) < 4.78 is 4.94. The number of benzene rings is 1. The number of carboxylic acid groups (broad SMARTS) is 2. The highest BCUT2D eigenvalue weighted by atomic mass is 16.5. The van der Waals surface area contributed by atoms with Crippen LogP contribution in [0.5, 0.6) is 0 Å². The fraction of sp³-hybridized carbons (Fsp3) is 0.400. The van der Waals surface area contributed by atoms with Crippen LogP contribution in [-0.4, -0.2) is 40.3 Å². The summed E-state index contributed by atoms with van der Waals surface area (Å²) >= 11 is 0. The number of rotatable bonds is 9. The van der Waals surface area contributed by atoms with E-state index in [1.54, 1.807) is 24.3 Å². The second kappa shape index (κ2) is 9.42. The molecular weight excluding hydrogens is 304 g/mol. The minimum absolute atomic E-state index is 0.0307. The van der Waals surface area contributed by atoms with Crippen LogP contribution >= 0.6 is 0 Å². The Bertz CT molecular complexity index is 534. The molecule has 0 radical (unpaired) electrons. The molecule has 0 aliphatic carbocycles. The Morgan fingerprint density at radius 3 is 2.30 bits per heavy atom. The van der Waals surface area contributed by atoms with Crippen LogP contribution in [0.4, 0.5) is 4.79 Å². The summed E-state index contributed by atoms with van der Waals surface area (Å²) in [6.07, 6.45) is -0.399. The summed E-state index contributed by atoms with van der Waals surface area (Å²) in [5, 5.41) is 20.0. The van der Waals surface area contributed by atoms with Crippen LogP contribution < -0.4 is 11.1 Å². The van der Waals surface area contributed by atoms with Crippen molar-refractivity contribution in [2.45, 2.75) is 38.0 Å². The molecule has 0 aliphatic heterocycles. The van der Waals surface area contributed by atoms with Gasteiger partial charge in [0.15, 0.2) is 0 Å². The minimum atomic E-state index is -1.22. The number of amides is 1. The monoisotopic (exact) mass is 324 g/mol. The summed E-state index contributed by atoms with van der Waals surface area (Å²) in [7, 11) is 0. The van der Waals surface area contributed by atoms with E-state index in [1.165, 1.54) is 0 Å². The van der Waals surface area contributed by atoms with Gasteiger partial charge in [0.25, 0.3) is 0 Å². The Balaban J connectivity index is 2.38. The fourth-order valence-electron chi connectivity index (χ4n) is 1.83. The lowest BCUT2D eigenvalue weighted by Crippen LogP contribution is -2.41. The molecule has 2 atom stereocenters. The topological polar surface area (TPSA) is 139 Å². The molecule has 23 heavy (non-hydrogen) atoms. The van der Waals surface area contributed by atoms with Gasteiger partial charge in [-0.3, -0.25) is 4.79 Å². The number of nitrogens with one attached hydrogen (secondary N) is 1. The molecule has 0 aliphatic rings. The van der Waals surface area contributed by atoms with Gasteiger partial charge in [-0.25, -0.2) is 9.59 Å². The molecule has 1 aromatic carbocycles. The van der Waals surface area contributed by atoms with Crippen molar-refractivity contribution in [3.05, 3.63) is 35.9 Å². The predicted molar refractivity (Wildman–Crippen MR) is 80.6 cm³/mol. The van der Waals surface area contributed by atoms with Crippen molar-refractivity contribution in [2.24, 2.45) is 5.73 Å². The summed E-state index contributed by atoms with van der Waals surface area (Å²) in [6, 6.07) is 6.76. The zero-order valence-electron chi connectivity index (χ0n) is 12.5. The lowest BCUT2D eigenvalue weighted by molar-refractivity contribution is -0.139. The average molecular weight is 324 g/mol. The van der Waals surface area contributed by atoms with E-state index in [4.69, 9.17) is 20.7 Å². The van der Waals surface area contributed by atoms with Crippen molar-refractivity contribution < 1.29 is 29.3 Å². The van der Waals surface area contributed by atoms with E-state index in [1.807, 2.05) is 6.07 Å². The van der Waals surface area contributed by atoms with Gasteiger partial charge >= 0.3 is 18.0 Å². The summed E-state index contributed by atoms with van der Waals surface area (Å²) in [4.78, 5) is 33.3. The molecule has 8 nitrogen and oxygen atoms in total. The summed E-state index contributed by atoms with van der Waals surface area (Å²) in [6.45, 7) is 0.0307. The molecule has 0 saturated carbocycles. The van der Waals surface area contributed by atoms with Crippen LogP contribution in [-0.2, 0) is 20.9 Å². The average Bonchev–Trinajstić information content (AvgIpc) is 2.52. The minimum Gasteiger partial charge on any atom is -0.480 e. The number of ether oxygens (including phenoxy) is 1. The lowest BCUT2D eigenvalue weighted by Gasteiger charge is -2.15. The smallest absolute Gasteiger partial charge is 0.408 e. The van der Waals surface area contributed by atoms with E-state index in [-0.39, 0.29) is 25.9 Å². The second-order valence-electron chi connectivity index (χ2n) is 4.97. The first-order chi connectivity index (χ1) is 10.9. The van der Waals surface area contributed by atoms with Crippen LogP contribution in [0.1, 0.15) is 24.8 Å². The van der Waals surface area contributed by atoms with Crippen molar-refractivity contribution in [1.29, 1.82) is 0 Å². The Kier molecular flexibility index (Phi) is 7.55. The van der Waals surface area contributed by atoms with Crippen molar-refractivity contribution >= 4 is 18.0 Å². The highest BCUT2D eigenvalue weighted by Gasteiger charge is 2.21. The van der Waals surface area contributed by atoms with Gasteiger partial charge in [-0.15, -0.1) is 0 Å². The number of aliphatic carboxylic acids is 2. The maximum absolute atomic E-state index is 11.6. The van der Waals surface area contributed by atoms with Gasteiger partial charge in [-0.05, 0) is 24.8 Å². The van der Waals surface area contributed by atoms with E-state index < -0.39 is 30.1 Å². The van der Waals surface area contributed by atoms with Gasteiger partial charge in [0, 0.05) is 0 Å². The molecule has 0 fully saturated rings. The maximum Gasteiger partial charge on any atom is 0.408 e. The number of nitrogens with two attached hydrogens (primary N) is 1. The van der Waals surface area contributed by atoms with Gasteiger partial charge in [-0.1, -0.05) is 30.3 Å². The van der Waals surface area contributed by atoms with Crippen molar-refractivity contribution in [2.75, 3.05) is 0 Å². The molecule has 1 amide bonds. The molecule has 8 heteroatoms. The highest BCUT2D eigenvalue weighted by molar-refractivity contribution is 5.79. The lowest BCUT2D eigenvalue weighted by atomic mass is 10.1. The van der Waals surface area contributed by atoms with Gasteiger partial charge < -0.3 is 26.0 Å². The van der Waals surface area contributed by atoms with Crippen LogP contribution in [0, 0.1) is 0 Å². The molecule has 0 heterocycles. The number of carbonyl (C=O) groups excluding carboxylic acids is 1. The molecular formula is C15H20N2O6. The molecule has 0 saturated heterocycles. The highest BCUT2D eigenvalue weighted by Crippen LogP contribution is 2.05.